The Hall–Kier alpha value is -0.780. The lowest BCUT2D eigenvalue weighted by Crippen LogP contribution is -2.05. The first-order valence-corrected chi connectivity index (χ1v) is 5.33. The van der Waals surface area contributed by atoms with Crippen molar-refractivity contribution < 1.29 is 0 Å². The van der Waals surface area contributed by atoms with E-state index in [2.05, 4.69) is 37.3 Å². The van der Waals surface area contributed by atoms with Gasteiger partial charge in [0.2, 0.25) is 0 Å². The van der Waals surface area contributed by atoms with E-state index in [1.165, 1.54) is 25.7 Å². The van der Waals surface area contributed by atoms with E-state index in [-0.39, 0.29) is 0 Å². The van der Waals surface area contributed by atoms with Crippen molar-refractivity contribution in [1.29, 1.82) is 0 Å². The summed E-state index contributed by atoms with van der Waals surface area (Å²) in [4.78, 5) is 0. The maximum atomic E-state index is 2.34. The predicted molar refractivity (Wildman–Crippen MR) is 59.7 cm³/mol. The molecule has 13 heavy (non-hydrogen) atoms. The van der Waals surface area contributed by atoms with E-state index >= 15 is 0 Å². The van der Waals surface area contributed by atoms with Crippen LogP contribution in [-0.2, 0) is 0 Å². The lowest BCUT2D eigenvalue weighted by atomic mass is 9.85. The molecular formula is C13H20. The molecule has 1 saturated carbocycles. The molecule has 0 bridgehead atoms. The lowest BCUT2D eigenvalue weighted by molar-refractivity contribution is 0.484. The van der Waals surface area contributed by atoms with Crippen LogP contribution in [0.25, 0.3) is 0 Å². The van der Waals surface area contributed by atoms with Gasteiger partial charge in [-0.1, -0.05) is 49.3 Å². The highest BCUT2D eigenvalue weighted by Gasteiger charge is 2.12. The highest BCUT2D eigenvalue weighted by Crippen LogP contribution is 2.28. The summed E-state index contributed by atoms with van der Waals surface area (Å²) in [6.07, 6.45) is 16.2. The molecule has 0 aromatic rings. The lowest BCUT2D eigenvalue weighted by Gasteiger charge is -2.20. The smallest absolute Gasteiger partial charge is 0.0229 e. The Morgan fingerprint density at radius 1 is 1.15 bits per heavy atom. The zero-order valence-corrected chi connectivity index (χ0v) is 8.79. The van der Waals surface area contributed by atoms with Gasteiger partial charge < -0.3 is 0 Å². The molecule has 0 heteroatoms. The third-order valence-electron chi connectivity index (χ3n) is 2.71. The average molecular weight is 176 g/mol. The van der Waals surface area contributed by atoms with Gasteiger partial charge in [0.25, 0.3) is 0 Å². The minimum Gasteiger partial charge on any atom is -0.0877 e. The molecule has 1 unspecified atom stereocenters. The maximum absolute atomic E-state index is 2.34. The van der Waals surface area contributed by atoms with E-state index in [0.29, 0.717) is 0 Å². The molecule has 0 aromatic heterocycles. The van der Waals surface area contributed by atoms with Crippen LogP contribution in [0.1, 0.15) is 39.5 Å². The number of hydrogen-bond donors (Lipinski definition) is 0. The van der Waals surface area contributed by atoms with Crippen molar-refractivity contribution >= 4 is 0 Å². The fourth-order valence-corrected chi connectivity index (χ4v) is 1.81. The Morgan fingerprint density at radius 3 is 2.69 bits per heavy atom. The van der Waals surface area contributed by atoms with E-state index in [4.69, 9.17) is 0 Å². The topological polar surface area (TPSA) is 0 Å². The minimum atomic E-state index is 0.809. The minimum absolute atomic E-state index is 0.809. The first kappa shape index (κ1) is 10.3. The number of hydrogen-bond acceptors (Lipinski definition) is 0. The quantitative estimate of drug-likeness (QED) is 0.552. The molecular weight excluding hydrogens is 156 g/mol. The van der Waals surface area contributed by atoms with Crippen LogP contribution in [0.4, 0.5) is 0 Å². The number of allylic oxidation sites excluding steroid dienone is 6. The molecule has 0 aliphatic heterocycles. The third-order valence-corrected chi connectivity index (χ3v) is 2.71. The molecule has 0 nitrogen and oxygen atoms in total. The molecule has 0 aromatic carbocycles. The van der Waals surface area contributed by atoms with Gasteiger partial charge in [0.1, 0.15) is 0 Å². The van der Waals surface area contributed by atoms with E-state index in [1.807, 2.05) is 6.92 Å². The van der Waals surface area contributed by atoms with Crippen molar-refractivity contribution in [3.8, 4) is 0 Å². The normalized spacial score (nSPS) is 27.8. The van der Waals surface area contributed by atoms with Gasteiger partial charge in [-0.25, -0.2) is 0 Å². The van der Waals surface area contributed by atoms with Crippen molar-refractivity contribution in [1.82, 2.24) is 0 Å². The van der Waals surface area contributed by atoms with Crippen LogP contribution in [0.3, 0.4) is 0 Å². The summed E-state index contributed by atoms with van der Waals surface area (Å²) in [5.41, 5.74) is 1.63. The van der Waals surface area contributed by atoms with Crippen LogP contribution in [0.15, 0.2) is 36.0 Å². The van der Waals surface area contributed by atoms with Crippen molar-refractivity contribution in [3.05, 3.63) is 36.0 Å². The highest BCUT2D eigenvalue weighted by atomic mass is 14.2. The van der Waals surface area contributed by atoms with E-state index in [0.717, 1.165) is 5.92 Å². The van der Waals surface area contributed by atoms with Gasteiger partial charge in [0.15, 0.2) is 0 Å². The van der Waals surface area contributed by atoms with Gasteiger partial charge >= 0.3 is 0 Å². The van der Waals surface area contributed by atoms with Crippen molar-refractivity contribution in [2.45, 2.75) is 39.5 Å². The predicted octanol–water partition coefficient (Wildman–Crippen LogP) is 4.26. The summed E-state index contributed by atoms with van der Waals surface area (Å²) in [6.45, 7) is 4.38. The fraction of sp³-hybridized carbons (Fsp3) is 0.538. The van der Waals surface area contributed by atoms with Gasteiger partial charge in [-0.15, -0.1) is 0 Å². The SMILES string of the molecule is C/C=C/C=C\C=C1/CCCCC1C. The standard InChI is InChI=1S/C13H20/c1-3-4-5-6-10-13-11-8-7-9-12(13)2/h3-6,10,12H,7-9,11H2,1-2H3/b4-3+,6-5-,13-10+. The first-order valence-electron chi connectivity index (χ1n) is 5.33. The Labute approximate surface area is 82.0 Å². The summed E-state index contributed by atoms with van der Waals surface area (Å²) in [5.74, 6) is 0.809. The van der Waals surface area contributed by atoms with E-state index in [1.54, 1.807) is 5.57 Å². The van der Waals surface area contributed by atoms with Crippen molar-refractivity contribution in [2.75, 3.05) is 0 Å². The summed E-state index contributed by atoms with van der Waals surface area (Å²) < 4.78 is 0. The second-order valence-electron chi connectivity index (χ2n) is 3.80. The highest BCUT2D eigenvalue weighted by molar-refractivity contribution is 5.18. The molecule has 0 N–H and O–H groups in total. The van der Waals surface area contributed by atoms with E-state index in [9.17, 15) is 0 Å². The van der Waals surface area contributed by atoms with Crippen LogP contribution in [0.2, 0.25) is 0 Å². The summed E-state index contributed by atoms with van der Waals surface area (Å²) in [7, 11) is 0. The van der Waals surface area contributed by atoms with E-state index < -0.39 is 0 Å². The Balaban J connectivity index is 2.48. The molecule has 1 aliphatic rings. The molecule has 1 aliphatic carbocycles. The second kappa shape index (κ2) is 5.80. The summed E-state index contributed by atoms with van der Waals surface area (Å²) >= 11 is 0. The zero-order chi connectivity index (χ0) is 9.52. The largest absolute Gasteiger partial charge is 0.0877 e. The second-order valence-corrected chi connectivity index (χ2v) is 3.80. The number of rotatable bonds is 2. The molecule has 1 atom stereocenters. The van der Waals surface area contributed by atoms with Gasteiger partial charge in [0, 0.05) is 0 Å². The van der Waals surface area contributed by atoms with Crippen molar-refractivity contribution in [3.63, 3.8) is 0 Å². The fourth-order valence-electron chi connectivity index (χ4n) is 1.81. The maximum Gasteiger partial charge on any atom is -0.0229 e. The average Bonchev–Trinajstić information content (AvgIpc) is 2.15. The molecule has 0 heterocycles. The van der Waals surface area contributed by atoms with Crippen LogP contribution in [0, 0.1) is 5.92 Å². The van der Waals surface area contributed by atoms with Crippen LogP contribution in [-0.4, -0.2) is 0 Å². The first-order chi connectivity index (χ1) is 6.34. The van der Waals surface area contributed by atoms with Gasteiger partial charge in [0.05, 0.1) is 0 Å². The molecule has 0 amide bonds. The summed E-state index contributed by atoms with van der Waals surface area (Å²) in [5, 5.41) is 0. The molecule has 0 radical (unpaired) electrons. The Morgan fingerprint density at radius 2 is 2.00 bits per heavy atom. The Kier molecular flexibility index (Phi) is 4.59. The monoisotopic (exact) mass is 176 g/mol. The Bertz CT molecular complexity index is 218. The molecule has 0 saturated heterocycles. The van der Waals surface area contributed by atoms with Crippen LogP contribution < -0.4 is 0 Å². The zero-order valence-electron chi connectivity index (χ0n) is 8.79. The molecule has 1 fully saturated rings. The van der Waals surface area contributed by atoms with Crippen LogP contribution in [0.5, 0.6) is 0 Å². The van der Waals surface area contributed by atoms with Crippen molar-refractivity contribution in [2.24, 2.45) is 5.92 Å². The van der Waals surface area contributed by atoms with Gasteiger partial charge in [-0.05, 0) is 32.1 Å². The molecule has 0 spiro atoms. The van der Waals surface area contributed by atoms with Gasteiger partial charge in [-0.2, -0.15) is 0 Å². The molecule has 72 valence electrons. The van der Waals surface area contributed by atoms with Crippen LogP contribution >= 0.6 is 0 Å². The summed E-state index contributed by atoms with van der Waals surface area (Å²) in [6, 6.07) is 0. The third kappa shape index (κ3) is 3.63. The molecule has 1 rings (SSSR count). The van der Waals surface area contributed by atoms with Gasteiger partial charge in [-0.3, -0.25) is 0 Å².